The van der Waals surface area contributed by atoms with Crippen LogP contribution in [0.3, 0.4) is 0 Å². The van der Waals surface area contributed by atoms with Crippen molar-refractivity contribution in [2.45, 2.75) is 43.0 Å². The van der Waals surface area contributed by atoms with Crippen molar-refractivity contribution < 1.29 is 53.6 Å². The van der Waals surface area contributed by atoms with Crippen LogP contribution in [0.25, 0.3) is 0 Å². The van der Waals surface area contributed by atoms with E-state index in [4.69, 9.17) is 30.1 Å². The molecule has 1 amide bonds. The highest BCUT2D eigenvalue weighted by molar-refractivity contribution is 6.68. The number of benzene rings is 3. The number of hydrogen-bond donors (Lipinski definition) is 7. The zero-order valence-corrected chi connectivity index (χ0v) is 30.5. The molecule has 2 bridgehead atoms. The van der Waals surface area contributed by atoms with Crippen LogP contribution in [-0.4, -0.2) is 106 Å². The smallest absolute Gasteiger partial charge is 0.284 e. The van der Waals surface area contributed by atoms with Gasteiger partial charge in [0.05, 0.1) is 18.4 Å². The molecule has 0 radical (unpaired) electrons. The molecule has 0 spiro atoms. The Balaban J connectivity index is 1.19. The second kappa shape index (κ2) is 14.7. The van der Waals surface area contributed by atoms with Gasteiger partial charge in [0.2, 0.25) is 18.0 Å². The van der Waals surface area contributed by atoms with Gasteiger partial charge < -0.3 is 40.0 Å². The molecule has 1 unspecified atom stereocenters. The minimum Gasteiger partial charge on any atom is -0.504 e. The minimum absolute atomic E-state index is 0.0225. The number of phenolic OH excluding ortho intramolecular Hbond substituents is 1. The molecule has 17 nitrogen and oxygen atoms in total. The number of aliphatic hydroxyl groups excluding tert-OH is 2. The van der Waals surface area contributed by atoms with E-state index < -0.39 is 59.8 Å². The number of ether oxygens (including phenoxy) is 4. The summed E-state index contributed by atoms with van der Waals surface area (Å²) in [5, 5.41) is 45.4. The van der Waals surface area contributed by atoms with Gasteiger partial charge in [0.15, 0.2) is 29.7 Å². The van der Waals surface area contributed by atoms with Crippen molar-refractivity contribution in [3.63, 3.8) is 0 Å². The molecule has 5 aliphatic rings. The number of fused-ring (bicyclic) bond motifs is 6. The van der Waals surface area contributed by atoms with Gasteiger partial charge >= 0.3 is 0 Å². The molecule has 58 heavy (non-hydrogen) atoms. The fourth-order valence-corrected chi connectivity index (χ4v) is 7.96. The van der Waals surface area contributed by atoms with E-state index in [-0.39, 0.29) is 71.0 Å². The zero-order valence-electron chi connectivity index (χ0n) is 30.5. The highest BCUT2D eigenvalue weighted by atomic mass is 16.7. The third-order valence-corrected chi connectivity index (χ3v) is 10.8. The second-order valence-corrected chi connectivity index (χ2v) is 14.2. The molecule has 4 aromatic rings. The quantitative estimate of drug-likeness (QED) is 0.125. The number of nitrogen functional groups attached to an aromatic ring is 1. The summed E-state index contributed by atoms with van der Waals surface area (Å²) in [6.45, 7) is -0.145. The van der Waals surface area contributed by atoms with E-state index in [1.807, 2.05) is 0 Å². The van der Waals surface area contributed by atoms with Gasteiger partial charge in [-0.05, 0) is 42.3 Å². The van der Waals surface area contributed by atoms with Crippen LogP contribution in [0.1, 0.15) is 54.5 Å². The monoisotopic (exact) mass is 786 g/mol. The Morgan fingerprint density at radius 1 is 0.966 bits per heavy atom. The highest BCUT2D eigenvalue weighted by Gasteiger charge is 2.49. The SMILES string of the molecule is N=C1N=C2C(=NC[NH+]2c2ccccc2[C@@H]2/C=C\OC[C@@H]3O[C@H](Oc4c2cc2c(c4O)C(=O)c4ccccc4C2=O)[C@@H](OCCc2ccnc(N)c2)[C@H](O)[C@H]3O)C(=O)N1. The van der Waals surface area contributed by atoms with Gasteiger partial charge in [0, 0.05) is 39.9 Å². The van der Waals surface area contributed by atoms with Crippen LogP contribution >= 0.6 is 0 Å². The molecule has 3 aromatic carbocycles. The number of pyridine rings is 1. The number of rotatable bonds is 6. The molecule has 294 valence electrons. The Bertz CT molecular complexity index is 2500. The summed E-state index contributed by atoms with van der Waals surface area (Å²) in [5.41, 5.74) is 8.01. The van der Waals surface area contributed by atoms with E-state index in [1.54, 1.807) is 66.9 Å². The third kappa shape index (κ3) is 6.30. The predicted molar refractivity (Wildman–Crippen MR) is 204 cm³/mol. The van der Waals surface area contributed by atoms with Gasteiger partial charge in [-0.15, -0.1) is 0 Å². The lowest BCUT2D eigenvalue weighted by atomic mass is 9.79. The van der Waals surface area contributed by atoms with Crippen LogP contribution in [0.15, 0.2) is 95.2 Å². The van der Waals surface area contributed by atoms with E-state index in [9.17, 15) is 29.7 Å². The number of anilines is 1. The number of aromatic hydroxyl groups is 1. The first-order valence-corrected chi connectivity index (χ1v) is 18.4. The van der Waals surface area contributed by atoms with Crippen molar-refractivity contribution in [3.05, 3.63) is 124 Å². The van der Waals surface area contributed by atoms with Gasteiger partial charge in [-0.3, -0.25) is 25.1 Å². The number of aliphatic hydroxyl groups is 2. The molecule has 0 saturated carbocycles. The number of aliphatic imine (C=N–C) groups is 2. The molecule has 1 fully saturated rings. The van der Waals surface area contributed by atoms with Crippen molar-refractivity contribution in [1.29, 1.82) is 5.41 Å². The summed E-state index contributed by atoms with van der Waals surface area (Å²) in [7, 11) is 0. The van der Waals surface area contributed by atoms with E-state index in [0.29, 0.717) is 28.4 Å². The van der Waals surface area contributed by atoms with Gasteiger partial charge in [0.1, 0.15) is 42.5 Å². The van der Waals surface area contributed by atoms with Crippen LogP contribution in [-0.2, 0) is 25.4 Å². The number of amides is 1. The molecular weight excluding hydrogens is 750 g/mol. The molecule has 1 aromatic heterocycles. The average molecular weight is 787 g/mol. The summed E-state index contributed by atoms with van der Waals surface area (Å²) in [6.07, 6.45) is -2.09. The Labute approximate surface area is 329 Å². The van der Waals surface area contributed by atoms with Crippen molar-refractivity contribution >= 4 is 46.5 Å². The molecule has 1 saturated heterocycles. The molecule has 9 rings (SSSR count). The maximum atomic E-state index is 14.2. The van der Waals surface area contributed by atoms with E-state index >= 15 is 0 Å². The number of carbonyl (C=O) groups is 3. The lowest BCUT2D eigenvalue weighted by Crippen LogP contribution is -3.09. The number of para-hydroxylation sites is 1. The highest BCUT2D eigenvalue weighted by Crippen LogP contribution is 2.48. The summed E-state index contributed by atoms with van der Waals surface area (Å²) in [4.78, 5) is 54.3. The summed E-state index contributed by atoms with van der Waals surface area (Å²) in [5.74, 6) is -3.25. The number of amidine groups is 1. The van der Waals surface area contributed by atoms with E-state index in [0.717, 1.165) is 5.56 Å². The Kier molecular flexibility index (Phi) is 9.38. The van der Waals surface area contributed by atoms with Crippen LogP contribution in [0.2, 0.25) is 0 Å². The van der Waals surface area contributed by atoms with E-state index in [1.165, 1.54) is 18.4 Å². The first-order chi connectivity index (χ1) is 28.1. The maximum absolute atomic E-state index is 14.2. The molecule has 4 aliphatic heterocycles. The minimum atomic E-state index is -1.56. The number of ketones is 2. The number of carbonyl (C=O) groups excluding carboxylic acids is 3. The van der Waals surface area contributed by atoms with Crippen LogP contribution in [0.4, 0.5) is 11.5 Å². The van der Waals surface area contributed by atoms with Gasteiger partial charge in [-0.1, -0.05) is 42.5 Å². The molecule has 5 heterocycles. The number of nitrogens with zero attached hydrogens (tertiary/aromatic N) is 3. The number of hydrogen-bond acceptors (Lipinski definition) is 14. The topological polar surface area (TPSA) is 253 Å². The fraction of sp³-hybridized carbons (Fsp3) is 0.244. The molecule has 17 heteroatoms. The lowest BCUT2D eigenvalue weighted by molar-refractivity contribution is -0.723. The number of guanidine groups is 1. The average Bonchev–Trinajstić information content (AvgIpc) is 3.63. The largest absolute Gasteiger partial charge is 0.504 e. The first-order valence-electron chi connectivity index (χ1n) is 18.4. The first kappa shape index (κ1) is 37.0. The van der Waals surface area contributed by atoms with Crippen molar-refractivity contribution in [1.82, 2.24) is 10.3 Å². The van der Waals surface area contributed by atoms with Crippen LogP contribution < -0.4 is 20.7 Å². The molecule has 8 N–H and O–H groups in total. The Morgan fingerprint density at radius 3 is 2.55 bits per heavy atom. The lowest BCUT2D eigenvalue weighted by Gasteiger charge is -2.42. The third-order valence-electron chi connectivity index (χ3n) is 10.8. The zero-order chi connectivity index (χ0) is 40.2. The summed E-state index contributed by atoms with van der Waals surface area (Å²) >= 11 is 0. The van der Waals surface area contributed by atoms with E-state index in [2.05, 4.69) is 20.3 Å². The van der Waals surface area contributed by atoms with Crippen LogP contribution in [0, 0.1) is 5.41 Å². The molecule has 7 atom stereocenters. The van der Waals surface area contributed by atoms with Crippen LogP contribution in [0.5, 0.6) is 11.5 Å². The van der Waals surface area contributed by atoms with Crippen molar-refractivity contribution in [2.24, 2.45) is 9.98 Å². The molecule has 1 aliphatic carbocycles. The van der Waals surface area contributed by atoms with Gasteiger partial charge in [0.25, 0.3) is 11.7 Å². The number of nitrogens with one attached hydrogen (secondary N) is 3. The van der Waals surface area contributed by atoms with Crippen molar-refractivity contribution in [2.75, 3.05) is 25.6 Å². The molecular formula is C41H36N7O10+. The summed E-state index contributed by atoms with van der Waals surface area (Å²) < 4.78 is 24.9. The Hall–Kier alpha value is -6.63. The number of aromatic nitrogens is 1. The fourth-order valence-electron chi connectivity index (χ4n) is 7.96. The maximum Gasteiger partial charge on any atom is 0.284 e. The van der Waals surface area contributed by atoms with Gasteiger partial charge in [-0.2, -0.15) is 4.99 Å². The summed E-state index contributed by atoms with van der Waals surface area (Å²) in [6, 6.07) is 18.4. The standard InChI is InChI=1S/C41H35N7O10/c42-28-15-19(9-12-44-28)10-14-56-37-35(53)33(51)27-17-55-13-11-20(21-5-3-4-8-26(21)48-18-45-30-38(48)46-41(43)47-39(30)54)24-16-25-29(34(52)36(24)58-40(37)57-27)32(50)23-7-2-1-6-22(23)31(25)49/h1-9,11-13,15-16,20,27,33,35,37,40,51-53H,10,14,17-18H2,(H2,42,44)(H2,43,47,54)/p+1/b13-11-/t20-,27-,33-,35+,37-,40+/m0/s1. The number of allylic oxidation sites excluding steroid dienone is 1. The predicted octanol–water partition coefficient (Wildman–Crippen LogP) is 0.666. The number of nitrogens with two attached hydrogens (primary N) is 1. The Morgan fingerprint density at radius 2 is 1.74 bits per heavy atom. The second-order valence-electron chi connectivity index (χ2n) is 14.2. The van der Waals surface area contributed by atoms with Gasteiger partial charge in [-0.25, -0.2) is 14.9 Å². The number of quaternary nitrogens is 1. The van der Waals surface area contributed by atoms with Crippen molar-refractivity contribution in [3.8, 4) is 11.5 Å². The normalized spacial score (nSPS) is 26.6. The number of phenols is 1.